The average Bonchev–Trinajstić information content (AvgIpc) is 3.30. The third kappa shape index (κ3) is 6.05. The van der Waals surface area contributed by atoms with Crippen LogP contribution in [0.15, 0.2) is 46.9 Å². The van der Waals surface area contributed by atoms with Crippen molar-refractivity contribution >= 4 is 46.4 Å². The van der Waals surface area contributed by atoms with Crippen molar-refractivity contribution in [3.05, 3.63) is 47.5 Å². The van der Waals surface area contributed by atoms with Crippen LogP contribution in [-0.2, 0) is 4.74 Å². The van der Waals surface area contributed by atoms with E-state index in [1.807, 2.05) is 11.6 Å². The van der Waals surface area contributed by atoms with Gasteiger partial charge in [0.25, 0.3) is 0 Å². The summed E-state index contributed by atoms with van der Waals surface area (Å²) in [5, 5.41) is 3.12. The van der Waals surface area contributed by atoms with E-state index in [0.717, 1.165) is 63.8 Å². The van der Waals surface area contributed by atoms with Crippen molar-refractivity contribution in [2.75, 3.05) is 44.3 Å². The number of thiazole rings is 1. The number of benzene rings is 1. The molecule has 1 unspecified atom stereocenters. The van der Waals surface area contributed by atoms with Crippen molar-refractivity contribution in [1.82, 2.24) is 9.88 Å². The van der Waals surface area contributed by atoms with Crippen LogP contribution in [0.5, 0.6) is 0 Å². The van der Waals surface area contributed by atoms with Crippen molar-refractivity contribution in [1.29, 1.82) is 0 Å². The minimum absolute atomic E-state index is 0. The summed E-state index contributed by atoms with van der Waals surface area (Å²) in [5.41, 5.74) is 7.72. The maximum atomic E-state index is 6.48. The highest BCUT2D eigenvalue weighted by molar-refractivity contribution is 14.0. The third-order valence-electron chi connectivity index (χ3n) is 5.66. The lowest BCUT2D eigenvalue weighted by atomic mass is 9.90. The molecule has 0 spiro atoms. The molecule has 29 heavy (non-hydrogen) atoms. The third-order valence-corrected chi connectivity index (χ3v) is 6.50. The molecule has 2 saturated heterocycles. The van der Waals surface area contributed by atoms with Crippen LogP contribution in [0.1, 0.15) is 30.9 Å². The Balaban J connectivity index is 0.00000240. The first-order chi connectivity index (χ1) is 13.8. The maximum absolute atomic E-state index is 6.48. The molecule has 1 aromatic carbocycles. The van der Waals surface area contributed by atoms with E-state index < -0.39 is 0 Å². The van der Waals surface area contributed by atoms with Crippen LogP contribution >= 0.6 is 35.3 Å². The zero-order valence-corrected chi connectivity index (χ0v) is 19.8. The lowest BCUT2D eigenvalue weighted by Gasteiger charge is -2.35. The van der Waals surface area contributed by atoms with Gasteiger partial charge in [0.05, 0.1) is 6.04 Å². The summed E-state index contributed by atoms with van der Waals surface area (Å²) in [6, 6.07) is 10.7. The second-order valence-electron chi connectivity index (χ2n) is 7.49. The van der Waals surface area contributed by atoms with E-state index in [1.54, 1.807) is 11.3 Å². The molecule has 8 heteroatoms. The van der Waals surface area contributed by atoms with Gasteiger partial charge in [0.1, 0.15) is 0 Å². The number of rotatable bonds is 5. The maximum Gasteiger partial charge on any atom is 0.191 e. The summed E-state index contributed by atoms with van der Waals surface area (Å²) in [6.07, 6.45) is 5.13. The van der Waals surface area contributed by atoms with Crippen LogP contribution in [0.4, 0.5) is 5.13 Å². The van der Waals surface area contributed by atoms with Gasteiger partial charge >= 0.3 is 0 Å². The van der Waals surface area contributed by atoms with Crippen molar-refractivity contribution in [2.24, 2.45) is 16.6 Å². The zero-order chi connectivity index (χ0) is 19.2. The van der Waals surface area contributed by atoms with Crippen LogP contribution in [0.2, 0.25) is 0 Å². The molecule has 0 radical (unpaired) electrons. The largest absolute Gasteiger partial charge is 0.381 e. The van der Waals surface area contributed by atoms with E-state index in [-0.39, 0.29) is 30.0 Å². The van der Waals surface area contributed by atoms with Crippen molar-refractivity contribution in [3.8, 4) is 0 Å². The Morgan fingerprint density at radius 1 is 1.17 bits per heavy atom. The molecule has 2 aromatic rings. The zero-order valence-electron chi connectivity index (χ0n) is 16.7. The lowest BCUT2D eigenvalue weighted by molar-refractivity contribution is 0.0618. The standard InChI is InChI=1S/C21H29N5OS.HI/c22-20(25-9-11-26(12-10-25)21-23-8-15-28-21)24-19(18-4-2-1-3-5-18)16-17-6-13-27-14-7-17;/h1-5,8,15,17,19H,6-7,9-14,16H2,(H2,22,24);1H. The number of hydrogen-bond donors (Lipinski definition) is 1. The molecular formula is C21H30IN5OS. The van der Waals surface area contributed by atoms with Gasteiger partial charge in [-0.2, -0.15) is 0 Å². The minimum atomic E-state index is 0. The highest BCUT2D eigenvalue weighted by Gasteiger charge is 2.23. The van der Waals surface area contributed by atoms with Crippen LogP contribution in [-0.4, -0.2) is 55.2 Å². The average molecular weight is 527 g/mol. The van der Waals surface area contributed by atoms with Crippen LogP contribution in [0.25, 0.3) is 0 Å². The van der Waals surface area contributed by atoms with E-state index in [1.165, 1.54) is 5.56 Å². The van der Waals surface area contributed by atoms with Gasteiger partial charge in [-0.05, 0) is 30.7 Å². The first-order valence-corrected chi connectivity index (χ1v) is 11.0. The molecule has 0 amide bonds. The van der Waals surface area contributed by atoms with Gasteiger partial charge in [-0.25, -0.2) is 9.98 Å². The molecule has 2 aliphatic rings. The number of nitrogens with zero attached hydrogens (tertiary/aromatic N) is 4. The van der Waals surface area contributed by atoms with E-state index in [9.17, 15) is 0 Å². The first-order valence-electron chi connectivity index (χ1n) is 10.1. The molecule has 4 rings (SSSR count). The number of guanidine groups is 1. The van der Waals surface area contributed by atoms with Gasteiger partial charge in [-0.15, -0.1) is 35.3 Å². The number of nitrogens with two attached hydrogens (primary N) is 1. The quantitative estimate of drug-likeness (QED) is 0.365. The molecule has 1 aromatic heterocycles. The van der Waals surface area contributed by atoms with Crippen molar-refractivity contribution < 1.29 is 4.74 Å². The van der Waals surface area contributed by atoms with Gasteiger partial charge in [-0.1, -0.05) is 30.3 Å². The number of anilines is 1. The number of hydrogen-bond acceptors (Lipinski definition) is 5. The Hall–Kier alpha value is -1.39. The topological polar surface area (TPSA) is 67.0 Å². The Bertz CT molecular complexity index is 744. The van der Waals surface area contributed by atoms with E-state index in [2.05, 4.69) is 45.1 Å². The number of halogens is 1. The Labute approximate surface area is 194 Å². The van der Waals surface area contributed by atoms with E-state index >= 15 is 0 Å². The number of aliphatic imine (C=N–C) groups is 1. The molecule has 0 saturated carbocycles. The molecule has 2 aliphatic heterocycles. The van der Waals surface area contributed by atoms with Gasteiger partial charge in [0.2, 0.25) is 0 Å². The molecule has 2 N–H and O–H groups in total. The number of ether oxygens (including phenoxy) is 1. The Morgan fingerprint density at radius 2 is 1.90 bits per heavy atom. The summed E-state index contributed by atoms with van der Waals surface area (Å²) < 4.78 is 5.53. The smallest absolute Gasteiger partial charge is 0.191 e. The fourth-order valence-electron chi connectivity index (χ4n) is 3.98. The Kier molecular flexibility index (Phi) is 8.55. The Morgan fingerprint density at radius 3 is 2.55 bits per heavy atom. The highest BCUT2D eigenvalue weighted by Crippen LogP contribution is 2.30. The van der Waals surface area contributed by atoms with Gasteiger partial charge in [0, 0.05) is 51.0 Å². The van der Waals surface area contributed by atoms with Crippen molar-refractivity contribution in [2.45, 2.75) is 25.3 Å². The highest BCUT2D eigenvalue weighted by atomic mass is 127. The molecule has 158 valence electrons. The van der Waals surface area contributed by atoms with E-state index in [4.69, 9.17) is 15.5 Å². The molecule has 0 bridgehead atoms. The molecule has 3 heterocycles. The second-order valence-corrected chi connectivity index (χ2v) is 8.37. The van der Waals surface area contributed by atoms with Gasteiger partial charge in [-0.3, -0.25) is 0 Å². The molecule has 1 atom stereocenters. The summed E-state index contributed by atoms with van der Waals surface area (Å²) in [7, 11) is 0. The second kappa shape index (κ2) is 11.1. The van der Waals surface area contributed by atoms with Gasteiger partial charge < -0.3 is 20.3 Å². The minimum Gasteiger partial charge on any atom is -0.381 e. The van der Waals surface area contributed by atoms with Gasteiger partial charge in [0.15, 0.2) is 11.1 Å². The molecule has 6 nitrogen and oxygen atoms in total. The summed E-state index contributed by atoms with van der Waals surface area (Å²) in [5.74, 6) is 1.32. The summed E-state index contributed by atoms with van der Waals surface area (Å²) in [6.45, 7) is 5.36. The van der Waals surface area contributed by atoms with E-state index in [0.29, 0.717) is 11.9 Å². The molecule has 0 aliphatic carbocycles. The van der Waals surface area contributed by atoms with Crippen molar-refractivity contribution in [3.63, 3.8) is 0 Å². The monoisotopic (exact) mass is 527 g/mol. The molecule has 2 fully saturated rings. The van der Waals surface area contributed by atoms with Crippen LogP contribution in [0.3, 0.4) is 0 Å². The predicted octanol–water partition coefficient (Wildman–Crippen LogP) is 3.76. The predicted molar refractivity (Wildman–Crippen MR) is 130 cm³/mol. The lowest BCUT2D eigenvalue weighted by Crippen LogP contribution is -2.51. The van der Waals surface area contributed by atoms with Crippen LogP contribution in [0, 0.1) is 5.92 Å². The van der Waals surface area contributed by atoms with Crippen LogP contribution < -0.4 is 10.6 Å². The summed E-state index contributed by atoms with van der Waals surface area (Å²) in [4.78, 5) is 14.0. The fraction of sp³-hybridized carbons (Fsp3) is 0.524. The SMILES string of the molecule is I.NC(=NC(CC1CCOCC1)c1ccccc1)N1CCN(c2nccs2)CC1. The fourth-order valence-corrected chi connectivity index (χ4v) is 4.67. The number of piperazine rings is 1. The normalized spacial score (nSPS) is 19.7. The molecular weight excluding hydrogens is 497 g/mol. The summed E-state index contributed by atoms with van der Waals surface area (Å²) >= 11 is 1.69. The number of aromatic nitrogens is 1. The first kappa shape index (κ1) is 22.3.